The first-order valence-corrected chi connectivity index (χ1v) is 14.1. The predicted octanol–water partition coefficient (Wildman–Crippen LogP) is 3.17. The van der Waals surface area contributed by atoms with Crippen molar-refractivity contribution in [2.45, 2.75) is 51.8 Å². The van der Waals surface area contributed by atoms with Crippen LogP contribution in [0.15, 0.2) is 36.8 Å². The summed E-state index contributed by atoms with van der Waals surface area (Å²) in [5, 5.41) is 7.31. The van der Waals surface area contributed by atoms with E-state index in [0.29, 0.717) is 81.2 Å². The molecule has 0 spiro atoms. The Labute approximate surface area is 238 Å². The highest BCUT2D eigenvalue weighted by Gasteiger charge is 2.37. The van der Waals surface area contributed by atoms with Crippen LogP contribution in [-0.4, -0.2) is 93.3 Å². The molecule has 3 aliphatic heterocycles. The van der Waals surface area contributed by atoms with Crippen molar-refractivity contribution >= 4 is 34.9 Å². The minimum atomic E-state index is -0.548. The summed E-state index contributed by atoms with van der Waals surface area (Å²) < 4.78 is 12.6. The van der Waals surface area contributed by atoms with Gasteiger partial charge in [0, 0.05) is 56.7 Å². The van der Waals surface area contributed by atoms with E-state index in [1.54, 1.807) is 27.9 Å². The van der Waals surface area contributed by atoms with E-state index < -0.39 is 5.60 Å². The highest BCUT2D eigenvalue weighted by atomic mass is 16.6. The number of rotatable bonds is 4. The molecule has 0 bridgehead atoms. The largest absolute Gasteiger partial charge is 0.444 e. The number of likely N-dealkylation sites (tertiary alicyclic amines) is 1. The van der Waals surface area contributed by atoms with Crippen LogP contribution in [0.3, 0.4) is 0 Å². The number of aromatic nitrogens is 3. The monoisotopic (exact) mass is 561 g/mol. The zero-order chi connectivity index (χ0) is 28.7. The summed E-state index contributed by atoms with van der Waals surface area (Å²) in [5.41, 5.74) is 3.24. The second-order valence-electron chi connectivity index (χ2n) is 11.7. The molecule has 0 aliphatic carbocycles. The van der Waals surface area contributed by atoms with E-state index in [1.165, 1.54) is 6.20 Å². The Hall–Kier alpha value is -4.19. The summed E-state index contributed by atoms with van der Waals surface area (Å²) in [6.45, 7) is 9.54. The number of piperidine rings is 1. The molecule has 6 rings (SSSR count). The van der Waals surface area contributed by atoms with Crippen LogP contribution in [0.25, 0.3) is 5.65 Å². The van der Waals surface area contributed by atoms with Gasteiger partial charge in [0.2, 0.25) is 0 Å². The normalized spacial score (nSPS) is 18.1. The number of hydrogen-bond acceptors (Lipinski definition) is 8. The molecule has 0 radical (unpaired) electrons. The molecule has 3 aliphatic rings. The van der Waals surface area contributed by atoms with Gasteiger partial charge in [-0.3, -0.25) is 9.59 Å². The number of carbonyl (C=O) groups excluding carboxylic acids is 3. The lowest BCUT2D eigenvalue weighted by atomic mass is 10.0. The lowest BCUT2D eigenvalue weighted by molar-refractivity contribution is 0.0148. The first-order valence-electron chi connectivity index (χ1n) is 14.1. The third kappa shape index (κ3) is 5.43. The second-order valence-corrected chi connectivity index (χ2v) is 11.7. The first-order chi connectivity index (χ1) is 19.7. The number of nitrogens with zero attached hydrogens (tertiary/aromatic N) is 6. The quantitative estimate of drug-likeness (QED) is 0.516. The highest BCUT2D eigenvalue weighted by molar-refractivity contribution is 6.10. The summed E-state index contributed by atoms with van der Waals surface area (Å²) >= 11 is 0. The van der Waals surface area contributed by atoms with Crippen LogP contribution >= 0.6 is 0 Å². The number of carbonyl (C=O) groups is 3. The molecule has 0 unspecified atom stereocenters. The molecule has 2 saturated heterocycles. The zero-order valence-electron chi connectivity index (χ0n) is 23.6. The van der Waals surface area contributed by atoms with Crippen molar-refractivity contribution in [1.82, 2.24) is 24.4 Å². The maximum Gasteiger partial charge on any atom is 0.410 e. The van der Waals surface area contributed by atoms with Gasteiger partial charge >= 0.3 is 6.09 Å². The van der Waals surface area contributed by atoms with E-state index in [9.17, 15) is 14.4 Å². The standard InChI is InChI=1S/C29H35N7O5/c1-29(2,3)41-28(39)34-9-5-20(6-10-34)35-18-19-15-23(24(16-21(19)27(35)38)33-11-13-40-14-12-33)32-26(37)22-17-31-36-8-4-7-30-25(22)36/h4,7-8,15-17,20H,5-6,9-14,18H2,1-3H3,(H,32,37). The summed E-state index contributed by atoms with van der Waals surface area (Å²) in [4.78, 5) is 49.7. The molecule has 12 heteroatoms. The molecule has 216 valence electrons. The predicted molar refractivity (Wildman–Crippen MR) is 151 cm³/mol. The molecule has 3 aromatic rings. The zero-order valence-corrected chi connectivity index (χ0v) is 23.6. The molecular formula is C29H35N7O5. The Balaban J connectivity index is 1.23. The van der Waals surface area contributed by atoms with Gasteiger partial charge in [0.15, 0.2) is 5.65 Å². The molecule has 3 amide bonds. The van der Waals surface area contributed by atoms with Crippen LogP contribution in [0.5, 0.6) is 0 Å². The minimum absolute atomic E-state index is 0.0170. The number of anilines is 2. The maximum atomic E-state index is 13.7. The number of amides is 3. The minimum Gasteiger partial charge on any atom is -0.444 e. The van der Waals surface area contributed by atoms with Crippen LogP contribution < -0.4 is 10.2 Å². The van der Waals surface area contributed by atoms with Gasteiger partial charge in [-0.05, 0) is 57.4 Å². The van der Waals surface area contributed by atoms with Crippen molar-refractivity contribution < 1.29 is 23.9 Å². The molecule has 12 nitrogen and oxygen atoms in total. The Morgan fingerprint density at radius 3 is 2.59 bits per heavy atom. The maximum absolute atomic E-state index is 13.7. The van der Waals surface area contributed by atoms with E-state index in [0.717, 1.165) is 11.3 Å². The molecule has 41 heavy (non-hydrogen) atoms. The number of nitrogens with one attached hydrogen (secondary N) is 1. The summed E-state index contributed by atoms with van der Waals surface area (Å²) in [5.74, 6) is -0.334. The lowest BCUT2D eigenvalue weighted by Crippen LogP contribution is -2.48. The smallest absolute Gasteiger partial charge is 0.410 e. The Morgan fingerprint density at radius 1 is 1.10 bits per heavy atom. The van der Waals surface area contributed by atoms with Gasteiger partial charge in [-0.2, -0.15) is 5.10 Å². The summed E-state index contributed by atoms with van der Waals surface area (Å²) in [6, 6.07) is 5.60. The number of hydrogen-bond donors (Lipinski definition) is 1. The molecule has 1 N–H and O–H groups in total. The number of ether oxygens (including phenoxy) is 2. The molecular weight excluding hydrogens is 526 g/mol. The van der Waals surface area contributed by atoms with Gasteiger partial charge in [0.1, 0.15) is 11.2 Å². The lowest BCUT2D eigenvalue weighted by Gasteiger charge is -2.37. The molecule has 0 saturated carbocycles. The van der Waals surface area contributed by atoms with E-state index in [1.807, 2.05) is 37.8 Å². The van der Waals surface area contributed by atoms with Gasteiger partial charge in [0.05, 0.1) is 30.8 Å². The van der Waals surface area contributed by atoms with Crippen molar-refractivity contribution in [3.63, 3.8) is 0 Å². The van der Waals surface area contributed by atoms with E-state index >= 15 is 0 Å². The molecule has 5 heterocycles. The second kappa shape index (κ2) is 10.7. The fourth-order valence-electron chi connectivity index (χ4n) is 5.70. The van der Waals surface area contributed by atoms with Gasteiger partial charge in [0.25, 0.3) is 11.8 Å². The van der Waals surface area contributed by atoms with Crippen LogP contribution in [0, 0.1) is 0 Å². The van der Waals surface area contributed by atoms with Crippen molar-refractivity contribution in [1.29, 1.82) is 0 Å². The number of morpholine rings is 1. The van der Waals surface area contributed by atoms with Crippen LogP contribution in [0.4, 0.5) is 16.2 Å². The highest BCUT2D eigenvalue weighted by Crippen LogP contribution is 2.37. The first kappa shape index (κ1) is 27.0. The number of benzene rings is 1. The molecule has 2 aromatic heterocycles. The summed E-state index contributed by atoms with van der Waals surface area (Å²) in [7, 11) is 0. The topological polar surface area (TPSA) is 122 Å². The van der Waals surface area contributed by atoms with E-state index in [4.69, 9.17) is 9.47 Å². The molecule has 1 aromatic carbocycles. The van der Waals surface area contributed by atoms with Gasteiger partial charge in [-0.15, -0.1) is 0 Å². The van der Waals surface area contributed by atoms with Crippen LogP contribution in [-0.2, 0) is 16.0 Å². The SMILES string of the molecule is CC(C)(C)OC(=O)N1CCC(N2Cc3cc(NC(=O)c4cnn5cccnc45)c(N4CCOCC4)cc3C2=O)CC1. The number of fused-ring (bicyclic) bond motifs is 2. The van der Waals surface area contributed by atoms with Crippen molar-refractivity contribution in [2.24, 2.45) is 0 Å². The Kier molecular flexibility index (Phi) is 7.02. The van der Waals surface area contributed by atoms with Crippen LogP contribution in [0.1, 0.15) is 59.9 Å². The van der Waals surface area contributed by atoms with Gasteiger partial charge in [-0.25, -0.2) is 14.3 Å². The fourth-order valence-corrected chi connectivity index (χ4v) is 5.70. The fraction of sp³-hybridized carbons (Fsp3) is 0.483. The molecule has 0 atom stereocenters. The van der Waals surface area contributed by atoms with E-state index in [-0.39, 0.29) is 23.9 Å². The van der Waals surface area contributed by atoms with Gasteiger partial charge < -0.3 is 29.5 Å². The Morgan fingerprint density at radius 2 is 1.85 bits per heavy atom. The third-order valence-corrected chi connectivity index (χ3v) is 7.73. The third-order valence-electron chi connectivity index (χ3n) is 7.73. The van der Waals surface area contributed by atoms with Gasteiger partial charge in [-0.1, -0.05) is 0 Å². The van der Waals surface area contributed by atoms with Crippen LogP contribution in [0.2, 0.25) is 0 Å². The average Bonchev–Trinajstić information content (AvgIpc) is 3.53. The molecule has 2 fully saturated rings. The van der Waals surface area contributed by atoms with Crippen molar-refractivity contribution in [3.8, 4) is 0 Å². The summed E-state index contributed by atoms with van der Waals surface area (Å²) in [6.07, 6.45) is 5.92. The Bertz CT molecular complexity index is 1480. The van der Waals surface area contributed by atoms with E-state index in [2.05, 4.69) is 20.3 Å². The average molecular weight is 562 g/mol. The van der Waals surface area contributed by atoms with Crippen molar-refractivity contribution in [3.05, 3.63) is 53.5 Å². The van der Waals surface area contributed by atoms with Crippen molar-refractivity contribution in [2.75, 3.05) is 49.6 Å².